The average Bonchev–Trinajstić information content (AvgIpc) is 2.45. The summed E-state index contributed by atoms with van der Waals surface area (Å²) in [5.41, 5.74) is 6.09. The second-order valence-corrected chi connectivity index (χ2v) is 6.47. The van der Waals surface area contributed by atoms with E-state index in [4.69, 9.17) is 5.73 Å². The third-order valence-electron chi connectivity index (χ3n) is 3.47. The fourth-order valence-electron chi connectivity index (χ4n) is 2.21. The molecule has 1 unspecified atom stereocenters. The van der Waals surface area contributed by atoms with Crippen molar-refractivity contribution in [3.05, 3.63) is 30.1 Å². The Morgan fingerprint density at radius 2 is 1.70 bits per heavy atom. The number of unbranched alkanes of at least 4 members (excludes halogenated alkanes) is 6. The van der Waals surface area contributed by atoms with Crippen molar-refractivity contribution in [2.24, 2.45) is 5.73 Å². The van der Waals surface area contributed by atoms with Gasteiger partial charge in [0, 0.05) is 16.7 Å². The van der Waals surface area contributed by atoms with Gasteiger partial charge in [0.1, 0.15) is 5.82 Å². The van der Waals surface area contributed by atoms with E-state index in [9.17, 15) is 4.39 Å². The lowest BCUT2D eigenvalue weighted by Crippen LogP contribution is -2.22. The van der Waals surface area contributed by atoms with E-state index >= 15 is 0 Å². The minimum absolute atomic E-state index is 0.138. The molecule has 1 nitrogen and oxygen atoms in total. The van der Waals surface area contributed by atoms with Crippen LogP contribution in [0, 0.1) is 5.82 Å². The van der Waals surface area contributed by atoms with Gasteiger partial charge < -0.3 is 5.73 Å². The first-order valence-corrected chi connectivity index (χ1v) is 8.85. The minimum Gasteiger partial charge on any atom is -0.327 e. The van der Waals surface area contributed by atoms with E-state index in [0.717, 1.165) is 12.2 Å². The van der Waals surface area contributed by atoms with Gasteiger partial charge in [-0.05, 0) is 18.6 Å². The highest BCUT2D eigenvalue weighted by Gasteiger charge is 2.06. The van der Waals surface area contributed by atoms with Crippen LogP contribution in [0.5, 0.6) is 0 Å². The summed E-state index contributed by atoms with van der Waals surface area (Å²) in [7, 11) is 0. The fourth-order valence-corrected chi connectivity index (χ4v) is 3.15. The van der Waals surface area contributed by atoms with Crippen LogP contribution in [0.3, 0.4) is 0 Å². The van der Waals surface area contributed by atoms with Crippen molar-refractivity contribution >= 4 is 11.8 Å². The molecule has 1 rings (SSSR count). The van der Waals surface area contributed by atoms with Crippen LogP contribution < -0.4 is 5.73 Å². The van der Waals surface area contributed by atoms with Gasteiger partial charge in [-0.1, -0.05) is 64.0 Å². The van der Waals surface area contributed by atoms with Crippen molar-refractivity contribution in [1.29, 1.82) is 0 Å². The molecule has 0 aromatic heterocycles. The van der Waals surface area contributed by atoms with Crippen molar-refractivity contribution < 1.29 is 4.39 Å². The van der Waals surface area contributed by atoms with E-state index in [2.05, 4.69) is 6.92 Å². The van der Waals surface area contributed by atoms with Gasteiger partial charge in [-0.25, -0.2) is 4.39 Å². The second kappa shape index (κ2) is 11.2. The monoisotopic (exact) mass is 297 g/mol. The Kier molecular flexibility index (Phi) is 9.77. The van der Waals surface area contributed by atoms with Crippen molar-refractivity contribution in [3.8, 4) is 0 Å². The molecule has 0 spiro atoms. The molecule has 0 radical (unpaired) electrons. The zero-order chi connectivity index (χ0) is 14.6. The molecule has 0 aliphatic rings. The summed E-state index contributed by atoms with van der Waals surface area (Å²) in [5, 5.41) is 0. The number of nitrogens with two attached hydrogens (primary N) is 1. The molecule has 0 fully saturated rings. The molecule has 0 saturated carbocycles. The Hall–Kier alpha value is -0.540. The largest absolute Gasteiger partial charge is 0.327 e. The van der Waals surface area contributed by atoms with Gasteiger partial charge in [-0.2, -0.15) is 0 Å². The minimum atomic E-state index is -0.138. The van der Waals surface area contributed by atoms with Gasteiger partial charge in [0.25, 0.3) is 0 Å². The Balaban J connectivity index is 2.03. The highest BCUT2D eigenvalue weighted by atomic mass is 32.2. The van der Waals surface area contributed by atoms with Gasteiger partial charge in [-0.3, -0.25) is 0 Å². The molecule has 20 heavy (non-hydrogen) atoms. The van der Waals surface area contributed by atoms with Crippen LogP contribution in [0.2, 0.25) is 0 Å². The second-order valence-electron chi connectivity index (χ2n) is 5.41. The maximum absolute atomic E-state index is 13.4. The normalized spacial score (nSPS) is 12.6. The number of halogens is 1. The van der Waals surface area contributed by atoms with Gasteiger partial charge in [0.2, 0.25) is 0 Å². The summed E-state index contributed by atoms with van der Waals surface area (Å²) in [4.78, 5) is 0.711. The molecule has 0 heterocycles. The average molecular weight is 297 g/mol. The van der Waals surface area contributed by atoms with E-state index in [0.29, 0.717) is 4.90 Å². The van der Waals surface area contributed by atoms with E-state index in [1.807, 2.05) is 12.1 Å². The summed E-state index contributed by atoms with van der Waals surface area (Å²) >= 11 is 1.53. The van der Waals surface area contributed by atoms with Crippen LogP contribution in [0.1, 0.15) is 58.3 Å². The van der Waals surface area contributed by atoms with Crippen molar-refractivity contribution in [2.45, 2.75) is 69.2 Å². The smallest absolute Gasteiger partial charge is 0.136 e. The van der Waals surface area contributed by atoms with Crippen LogP contribution in [0.25, 0.3) is 0 Å². The first-order chi connectivity index (χ1) is 9.74. The molecule has 0 aliphatic heterocycles. The van der Waals surface area contributed by atoms with E-state index in [1.54, 1.807) is 6.07 Å². The topological polar surface area (TPSA) is 26.0 Å². The van der Waals surface area contributed by atoms with E-state index in [-0.39, 0.29) is 11.9 Å². The molecule has 3 heteroatoms. The van der Waals surface area contributed by atoms with Crippen molar-refractivity contribution in [1.82, 2.24) is 0 Å². The summed E-state index contributed by atoms with van der Waals surface area (Å²) in [6.07, 6.45) is 10.2. The molecule has 1 aromatic carbocycles. The summed E-state index contributed by atoms with van der Waals surface area (Å²) in [6.45, 7) is 2.24. The molecule has 1 atom stereocenters. The number of hydrogen-bond donors (Lipinski definition) is 1. The predicted octanol–water partition coefficient (Wildman–Crippen LogP) is 5.39. The molecule has 0 amide bonds. The molecule has 114 valence electrons. The lowest BCUT2D eigenvalue weighted by atomic mass is 10.1. The molecule has 1 aromatic rings. The highest BCUT2D eigenvalue weighted by molar-refractivity contribution is 7.99. The maximum Gasteiger partial charge on any atom is 0.136 e. The summed E-state index contributed by atoms with van der Waals surface area (Å²) in [5.74, 6) is 0.664. The lowest BCUT2D eigenvalue weighted by molar-refractivity contribution is 0.549. The highest BCUT2D eigenvalue weighted by Crippen LogP contribution is 2.22. The Labute approximate surface area is 127 Å². The first-order valence-electron chi connectivity index (χ1n) is 7.87. The van der Waals surface area contributed by atoms with Crippen LogP contribution >= 0.6 is 11.8 Å². The van der Waals surface area contributed by atoms with Crippen LogP contribution in [0.15, 0.2) is 29.2 Å². The van der Waals surface area contributed by atoms with E-state index < -0.39 is 0 Å². The van der Waals surface area contributed by atoms with Crippen LogP contribution in [0.4, 0.5) is 4.39 Å². The standard InChI is InChI=1S/C17H28FNS/c1-2-3-4-5-6-7-8-11-15(19)14-20-17-13-10-9-12-16(17)18/h9-10,12-13,15H,2-8,11,14,19H2,1H3. The quantitative estimate of drug-likeness (QED) is 0.438. The SMILES string of the molecule is CCCCCCCCCC(N)CSc1ccccc1F. The zero-order valence-corrected chi connectivity index (χ0v) is 13.4. The summed E-state index contributed by atoms with van der Waals surface area (Å²) < 4.78 is 13.4. The predicted molar refractivity (Wildman–Crippen MR) is 87.7 cm³/mol. The van der Waals surface area contributed by atoms with E-state index in [1.165, 1.54) is 62.8 Å². The zero-order valence-electron chi connectivity index (χ0n) is 12.6. The van der Waals surface area contributed by atoms with Gasteiger partial charge in [0.05, 0.1) is 0 Å². The Morgan fingerprint density at radius 3 is 2.40 bits per heavy atom. The van der Waals surface area contributed by atoms with Crippen molar-refractivity contribution in [2.75, 3.05) is 5.75 Å². The molecule has 0 aliphatic carbocycles. The van der Waals surface area contributed by atoms with Crippen LogP contribution in [-0.2, 0) is 0 Å². The molecule has 2 N–H and O–H groups in total. The van der Waals surface area contributed by atoms with Gasteiger partial charge in [0.15, 0.2) is 0 Å². The number of thioether (sulfide) groups is 1. The number of rotatable bonds is 11. The Morgan fingerprint density at radius 1 is 1.05 bits per heavy atom. The summed E-state index contributed by atoms with van der Waals surface area (Å²) in [6, 6.07) is 7.09. The van der Waals surface area contributed by atoms with Crippen LogP contribution in [-0.4, -0.2) is 11.8 Å². The van der Waals surface area contributed by atoms with Gasteiger partial charge in [-0.15, -0.1) is 11.8 Å². The van der Waals surface area contributed by atoms with Crippen molar-refractivity contribution in [3.63, 3.8) is 0 Å². The number of benzene rings is 1. The molecule has 0 saturated heterocycles. The molecular formula is C17H28FNS. The molecular weight excluding hydrogens is 269 g/mol. The third kappa shape index (κ3) is 7.91. The Bertz CT molecular complexity index is 357. The van der Waals surface area contributed by atoms with Gasteiger partial charge >= 0.3 is 0 Å². The fraction of sp³-hybridized carbons (Fsp3) is 0.647. The first kappa shape index (κ1) is 17.5. The number of hydrogen-bond acceptors (Lipinski definition) is 2. The lowest BCUT2D eigenvalue weighted by Gasteiger charge is -2.11. The maximum atomic E-state index is 13.4. The third-order valence-corrected chi connectivity index (χ3v) is 4.70. The molecule has 0 bridgehead atoms.